The van der Waals surface area contributed by atoms with Crippen molar-refractivity contribution in [1.82, 2.24) is 0 Å². The molecule has 3 heteroatoms. The van der Waals surface area contributed by atoms with Crippen molar-refractivity contribution in [3.63, 3.8) is 0 Å². The van der Waals surface area contributed by atoms with Crippen LogP contribution in [0.25, 0.3) is 0 Å². The molecule has 1 aliphatic rings. The predicted molar refractivity (Wildman–Crippen MR) is 78.9 cm³/mol. The average Bonchev–Trinajstić information content (AvgIpc) is 2.46. The van der Waals surface area contributed by atoms with Crippen molar-refractivity contribution in [3.8, 4) is 0 Å². The Morgan fingerprint density at radius 1 is 1.05 bits per heavy atom. The average molecular weight is 269 g/mol. The third kappa shape index (κ3) is 5.52. The van der Waals surface area contributed by atoms with Crippen LogP contribution < -0.4 is 5.73 Å². The minimum atomic E-state index is -0.361. The molecule has 1 fully saturated rings. The molecule has 2 N–H and O–H groups in total. The highest BCUT2D eigenvalue weighted by Crippen LogP contribution is 2.36. The van der Waals surface area contributed by atoms with Crippen LogP contribution >= 0.6 is 0 Å². The van der Waals surface area contributed by atoms with Crippen LogP contribution in [0.4, 0.5) is 0 Å². The molecule has 0 bridgehead atoms. The van der Waals surface area contributed by atoms with E-state index in [1.54, 1.807) is 0 Å². The lowest BCUT2D eigenvalue weighted by Gasteiger charge is -2.33. The third-order valence-electron chi connectivity index (χ3n) is 4.37. The summed E-state index contributed by atoms with van der Waals surface area (Å²) in [5.41, 5.74) is 5.46. The maximum absolute atomic E-state index is 12.2. The number of hydrogen-bond donors (Lipinski definition) is 1. The second-order valence-electron chi connectivity index (χ2n) is 5.95. The van der Waals surface area contributed by atoms with Gasteiger partial charge in [-0.15, -0.1) is 0 Å². The van der Waals surface area contributed by atoms with Crippen molar-refractivity contribution in [2.45, 2.75) is 77.6 Å². The highest BCUT2D eigenvalue weighted by Gasteiger charge is 2.39. The minimum absolute atomic E-state index is 0.0386. The van der Waals surface area contributed by atoms with Crippen molar-refractivity contribution < 1.29 is 9.53 Å². The van der Waals surface area contributed by atoms with E-state index in [1.807, 2.05) is 0 Å². The summed E-state index contributed by atoms with van der Waals surface area (Å²) in [6.45, 7) is 3.24. The maximum Gasteiger partial charge on any atom is 0.313 e. The van der Waals surface area contributed by atoms with Crippen LogP contribution in [0.1, 0.15) is 77.6 Å². The molecule has 1 rings (SSSR count). The van der Waals surface area contributed by atoms with Crippen LogP contribution in [0, 0.1) is 5.41 Å². The first kappa shape index (κ1) is 16.5. The second kappa shape index (κ2) is 9.35. The van der Waals surface area contributed by atoms with Gasteiger partial charge >= 0.3 is 5.97 Å². The number of unbranched alkanes of at least 4 members (excludes halogenated alkanes) is 5. The van der Waals surface area contributed by atoms with E-state index in [9.17, 15) is 4.79 Å². The monoisotopic (exact) mass is 269 g/mol. The summed E-state index contributed by atoms with van der Waals surface area (Å²) in [5, 5.41) is 0. The van der Waals surface area contributed by atoms with Crippen LogP contribution in [0.3, 0.4) is 0 Å². The highest BCUT2D eigenvalue weighted by atomic mass is 16.5. The summed E-state index contributed by atoms with van der Waals surface area (Å²) in [6, 6.07) is 0. The molecule has 0 amide bonds. The first-order valence-corrected chi connectivity index (χ1v) is 8.12. The van der Waals surface area contributed by atoms with E-state index in [4.69, 9.17) is 10.5 Å². The zero-order valence-corrected chi connectivity index (χ0v) is 12.6. The number of ether oxygens (including phenoxy) is 1. The van der Waals surface area contributed by atoms with Gasteiger partial charge in [0.15, 0.2) is 0 Å². The first-order chi connectivity index (χ1) is 9.25. The summed E-state index contributed by atoms with van der Waals surface area (Å²) >= 11 is 0. The van der Waals surface area contributed by atoms with Gasteiger partial charge in [0, 0.05) is 6.54 Å². The Morgan fingerprint density at radius 2 is 1.68 bits per heavy atom. The molecular weight excluding hydrogens is 238 g/mol. The molecule has 0 aliphatic heterocycles. The molecule has 0 saturated heterocycles. The molecule has 1 aliphatic carbocycles. The number of nitrogens with two attached hydrogens (primary N) is 1. The van der Waals surface area contributed by atoms with Gasteiger partial charge in [0.05, 0.1) is 12.0 Å². The van der Waals surface area contributed by atoms with Crippen molar-refractivity contribution in [1.29, 1.82) is 0 Å². The van der Waals surface area contributed by atoms with Gasteiger partial charge in [-0.2, -0.15) is 0 Å². The van der Waals surface area contributed by atoms with Crippen LogP contribution in [-0.2, 0) is 9.53 Å². The predicted octanol–water partition coefficient (Wildman–Crippen LogP) is 3.80. The van der Waals surface area contributed by atoms with Crippen LogP contribution in [0.15, 0.2) is 0 Å². The van der Waals surface area contributed by atoms with Gasteiger partial charge in [0.2, 0.25) is 0 Å². The molecule has 0 aromatic heterocycles. The van der Waals surface area contributed by atoms with E-state index in [1.165, 1.54) is 38.5 Å². The molecule has 0 spiro atoms. The molecule has 3 nitrogen and oxygen atoms in total. The van der Waals surface area contributed by atoms with Gasteiger partial charge in [-0.05, 0) is 19.3 Å². The Bertz CT molecular complexity index is 247. The molecule has 1 saturated carbocycles. The summed E-state index contributed by atoms with van der Waals surface area (Å²) in [7, 11) is 0. The van der Waals surface area contributed by atoms with Crippen LogP contribution in [0.5, 0.6) is 0 Å². The smallest absolute Gasteiger partial charge is 0.313 e. The van der Waals surface area contributed by atoms with Crippen molar-refractivity contribution >= 4 is 5.97 Å². The zero-order chi connectivity index (χ0) is 14.0. The second-order valence-corrected chi connectivity index (χ2v) is 5.95. The molecule has 0 atom stereocenters. The number of carbonyl (C=O) groups is 1. The first-order valence-electron chi connectivity index (χ1n) is 8.12. The Morgan fingerprint density at radius 3 is 2.32 bits per heavy atom. The van der Waals surface area contributed by atoms with Crippen molar-refractivity contribution in [2.24, 2.45) is 11.1 Å². The normalized spacial score (nSPS) is 18.2. The molecule has 0 aromatic rings. The van der Waals surface area contributed by atoms with E-state index < -0.39 is 0 Å². The van der Waals surface area contributed by atoms with Gasteiger partial charge in [0.1, 0.15) is 0 Å². The molecule has 112 valence electrons. The van der Waals surface area contributed by atoms with Gasteiger partial charge in [-0.25, -0.2) is 0 Å². The number of hydrogen-bond acceptors (Lipinski definition) is 3. The Balaban J connectivity index is 2.15. The number of rotatable bonds is 9. The summed E-state index contributed by atoms with van der Waals surface area (Å²) in [6.07, 6.45) is 12.6. The third-order valence-corrected chi connectivity index (χ3v) is 4.37. The fourth-order valence-corrected chi connectivity index (χ4v) is 2.92. The molecule has 0 aromatic carbocycles. The topological polar surface area (TPSA) is 52.3 Å². The Hall–Kier alpha value is -0.570. The maximum atomic E-state index is 12.2. The van der Waals surface area contributed by atoms with Crippen LogP contribution in [-0.4, -0.2) is 19.1 Å². The molecule has 0 unspecified atom stereocenters. The van der Waals surface area contributed by atoms with Gasteiger partial charge in [-0.1, -0.05) is 58.3 Å². The van der Waals surface area contributed by atoms with Gasteiger partial charge in [-0.3, -0.25) is 4.79 Å². The number of carbonyl (C=O) groups excluding carboxylic acids is 1. The lowest BCUT2D eigenvalue weighted by molar-refractivity contribution is -0.157. The van der Waals surface area contributed by atoms with E-state index in [-0.39, 0.29) is 11.4 Å². The van der Waals surface area contributed by atoms with Crippen molar-refractivity contribution in [3.05, 3.63) is 0 Å². The van der Waals surface area contributed by atoms with E-state index >= 15 is 0 Å². The SMILES string of the molecule is CCCCCCCCOC(=O)C1(CN)CCCCC1. The van der Waals surface area contributed by atoms with Crippen molar-refractivity contribution in [2.75, 3.05) is 13.2 Å². The Kier molecular flexibility index (Phi) is 8.11. The highest BCUT2D eigenvalue weighted by molar-refractivity contribution is 5.77. The van der Waals surface area contributed by atoms with Crippen LogP contribution in [0.2, 0.25) is 0 Å². The molecular formula is C16H31NO2. The fraction of sp³-hybridized carbons (Fsp3) is 0.938. The summed E-state index contributed by atoms with van der Waals surface area (Å²) in [4.78, 5) is 12.2. The zero-order valence-electron chi connectivity index (χ0n) is 12.6. The lowest BCUT2D eigenvalue weighted by Crippen LogP contribution is -2.41. The van der Waals surface area contributed by atoms with Gasteiger partial charge < -0.3 is 10.5 Å². The minimum Gasteiger partial charge on any atom is -0.465 e. The Labute approximate surface area is 118 Å². The summed E-state index contributed by atoms with van der Waals surface area (Å²) in [5.74, 6) is -0.0386. The summed E-state index contributed by atoms with van der Waals surface area (Å²) < 4.78 is 5.46. The van der Waals surface area contributed by atoms with E-state index in [0.29, 0.717) is 13.2 Å². The molecule has 19 heavy (non-hydrogen) atoms. The largest absolute Gasteiger partial charge is 0.465 e. The number of esters is 1. The lowest BCUT2D eigenvalue weighted by atomic mass is 9.74. The quantitative estimate of drug-likeness (QED) is 0.511. The molecule has 0 radical (unpaired) electrons. The van der Waals surface area contributed by atoms with E-state index in [0.717, 1.165) is 32.1 Å². The molecule has 0 heterocycles. The fourth-order valence-electron chi connectivity index (χ4n) is 2.92. The van der Waals surface area contributed by atoms with Gasteiger partial charge in [0.25, 0.3) is 0 Å². The standard InChI is InChI=1S/C16H31NO2/c1-2-3-4-5-6-10-13-19-15(18)16(14-17)11-8-7-9-12-16/h2-14,17H2,1H3. The van der Waals surface area contributed by atoms with E-state index in [2.05, 4.69) is 6.92 Å².